The molecule has 16 heavy (non-hydrogen) atoms. The largest absolute Gasteiger partial charge is 0.353 e. The minimum atomic E-state index is -0.634. The minimum absolute atomic E-state index is 0.0563. The van der Waals surface area contributed by atoms with Crippen molar-refractivity contribution in [1.29, 1.82) is 5.26 Å². The number of rotatable bonds is 4. The number of aromatic nitrogens is 1. The molecule has 84 valence electrons. The van der Waals surface area contributed by atoms with Crippen LogP contribution < -0.4 is 5.32 Å². The Kier molecular flexibility index (Phi) is 4.46. The Hall–Kier alpha value is -1.89. The first-order valence-electron chi connectivity index (χ1n) is 5.22. The van der Waals surface area contributed by atoms with E-state index in [0.717, 1.165) is 5.56 Å². The van der Waals surface area contributed by atoms with Gasteiger partial charge in [0.1, 0.15) is 5.92 Å². The normalized spacial score (nSPS) is 11.9. The first-order valence-corrected chi connectivity index (χ1v) is 5.22. The molecule has 1 aromatic heterocycles. The third kappa shape index (κ3) is 3.70. The van der Waals surface area contributed by atoms with Gasteiger partial charge in [0.25, 0.3) is 0 Å². The van der Waals surface area contributed by atoms with E-state index in [1.807, 2.05) is 32.0 Å². The Labute approximate surface area is 95.3 Å². The molecular weight excluding hydrogens is 202 g/mol. The van der Waals surface area contributed by atoms with E-state index in [1.54, 1.807) is 12.4 Å². The number of amides is 1. The molecule has 0 saturated heterocycles. The quantitative estimate of drug-likeness (QED) is 0.826. The van der Waals surface area contributed by atoms with Crippen LogP contribution in [-0.4, -0.2) is 16.9 Å². The Balaban J connectivity index is 2.63. The van der Waals surface area contributed by atoms with Crippen molar-refractivity contribution in [2.24, 2.45) is 5.92 Å². The van der Waals surface area contributed by atoms with Gasteiger partial charge in [0.05, 0.1) is 6.07 Å². The summed E-state index contributed by atoms with van der Waals surface area (Å²) in [6.07, 6.45) is 3.74. The molecule has 0 bridgehead atoms. The highest BCUT2D eigenvalue weighted by atomic mass is 16.1. The van der Waals surface area contributed by atoms with Gasteiger partial charge in [-0.05, 0) is 38.0 Å². The number of pyridine rings is 1. The second kappa shape index (κ2) is 5.86. The van der Waals surface area contributed by atoms with Crippen LogP contribution in [0.15, 0.2) is 24.5 Å². The Morgan fingerprint density at radius 2 is 2.12 bits per heavy atom. The Morgan fingerprint density at radius 1 is 1.50 bits per heavy atom. The second-order valence-electron chi connectivity index (χ2n) is 3.90. The lowest BCUT2D eigenvalue weighted by Crippen LogP contribution is -2.35. The minimum Gasteiger partial charge on any atom is -0.353 e. The van der Waals surface area contributed by atoms with E-state index >= 15 is 0 Å². The van der Waals surface area contributed by atoms with E-state index in [0.29, 0.717) is 6.42 Å². The van der Waals surface area contributed by atoms with Crippen LogP contribution in [0.5, 0.6) is 0 Å². The highest BCUT2D eigenvalue weighted by molar-refractivity contribution is 5.81. The zero-order valence-corrected chi connectivity index (χ0v) is 9.47. The molecule has 0 aliphatic carbocycles. The van der Waals surface area contributed by atoms with Crippen LogP contribution in [0.4, 0.5) is 0 Å². The third-order valence-electron chi connectivity index (χ3n) is 2.09. The average Bonchev–Trinajstić information content (AvgIpc) is 2.26. The number of carbonyl (C=O) groups excluding carboxylic acids is 1. The van der Waals surface area contributed by atoms with E-state index in [2.05, 4.69) is 10.3 Å². The summed E-state index contributed by atoms with van der Waals surface area (Å²) in [6.45, 7) is 3.75. The van der Waals surface area contributed by atoms with Crippen LogP contribution >= 0.6 is 0 Å². The molecule has 0 aliphatic rings. The van der Waals surface area contributed by atoms with Gasteiger partial charge in [-0.15, -0.1) is 0 Å². The molecular formula is C12H15N3O. The number of hydrogen-bond donors (Lipinski definition) is 1. The molecule has 0 aliphatic heterocycles. The van der Waals surface area contributed by atoms with Crippen LogP contribution in [0.2, 0.25) is 0 Å². The molecule has 4 heteroatoms. The van der Waals surface area contributed by atoms with Crippen LogP contribution in [0.1, 0.15) is 19.4 Å². The van der Waals surface area contributed by atoms with Gasteiger partial charge >= 0.3 is 0 Å². The maximum absolute atomic E-state index is 11.6. The van der Waals surface area contributed by atoms with Gasteiger partial charge in [0.2, 0.25) is 5.91 Å². The molecule has 4 nitrogen and oxygen atoms in total. The van der Waals surface area contributed by atoms with E-state index in [9.17, 15) is 4.79 Å². The van der Waals surface area contributed by atoms with Gasteiger partial charge < -0.3 is 5.32 Å². The molecule has 1 atom stereocenters. The van der Waals surface area contributed by atoms with E-state index in [-0.39, 0.29) is 11.9 Å². The fourth-order valence-electron chi connectivity index (χ4n) is 1.34. The summed E-state index contributed by atoms with van der Waals surface area (Å²) in [6, 6.07) is 5.70. The maximum Gasteiger partial charge on any atom is 0.237 e. The van der Waals surface area contributed by atoms with Gasteiger partial charge in [-0.2, -0.15) is 5.26 Å². The molecule has 0 spiro atoms. The van der Waals surface area contributed by atoms with E-state index in [1.165, 1.54) is 0 Å². The molecule has 1 N–H and O–H groups in total. The topological polar surface area (TPSA) is 65.8 Å². The Morgan fingerprint density at radius 3 is 2.62 bits per heavy atom. The molecule has 0 saturated carbocycles. The van der Waals surface area contributed by atoms with Gasteiger partial charge in [-0.25, -0.2) is 0 Å². The molecule has 1 unspecified atom stereocenters. The van der Waals surface area contributed by atoms with Crippen molar-refractivity contribution < 1.29 is 4.79 Å². The molecule has 0 radical (unpaired) electrons. The van der Waals surface area contributed by atoms with Gasteiger partial charge in [-0.1, -0.05) is 0 Å². The zero-order chi connectivity index (χ0) is 12.0. The van der Waals surface area contributed by atoms with Crippen molar-refractivity contribution in [1.82, 2.24) is 10.3 Å². The van der Waals surface area contributed by atoms with Crippen molar-refractivity contribution in [2.45, 2.75) is 26.3 Å². The van der Waals surface area contributed by atoms with Crippen molar-refractivity contribution in [3.63, 3.8) is 0 Å². The van der Waals surface area contributed by atoms with Crippen LogP contribution in [0.3, 0.4) is 0 Å². The SMILES string of the molecule is CC(C)NC(=O)C(C#N)Cc1ccncc1. The smallest absolute Gasteiger partial charge is 0.237 e. The molecule has 1 aromatic rings. The summed E-state index contributed by atoms with van der Waals surface area (Å²) in [5.74, 6) is -0.848. The van der Waals surface area contributed by atoms with Gasteiger partial charge in [0.15, 0.2) is 0 Å². The number of nitrogens with one attached hydrogen (secondary N) is 1. The van der Waals surface area contributed by atoms with Crippen LogP contribution in [0.25, 0.3) is 0 Å². The van der Waals surface area contributed by atoms with Gasteiger partial charge in [0, 0.05) is 18.4 Å². The van der Waals surface area contributed by atoms with E-state index in [4.69, 9.17) is 5.26 Å². The summed E-state index contributed by atoms with van der Waals surface area (Å²) in [4.78, 5) is 15.5. The average molecular weight is 217 g/mol. The summed E-state index contributed by atoms with van der Waals surface area (Å²) in [7, 11) is 0. The summed E-state index contributed by atoms with van der Waals surface area (Å²) < 4.78 is 0. The number of hydrogen-bond acceptors (Lipinski definition) is 3. The maximum atomic E-state index is 11.6. The summed E-state index contributed by atoms with van der Waals surface area (Å²) in [5, 5.41) is 11.7. The third-order valence-corrected chi connectivity index (χ3v) is 2.09. The molecule has 0 aromatic carbocycles. The highest BCUT2D eigenvalue weighted by Gasteiger charge is 2.18. The summed E-state index contributed by atoms with van der Waals surface area (Å²) in [5.41, 5.74) is 0.945. The fraction of sp³-hybridized carbons (Fsp3) is 0.417. The molecule has 0 fully saturated rings. The standard InChI is InChI=1S/C12H15N3O/c1-9(2)15-12(16)11(8-13)7-10-3-5-14-6-4-10/h3-6,9,11H,7H2,1-2H3,(H,15,16). The van der Waals surface area contributed by atoms with Crippen molar-refractivity contribution >= 4 is 5.91 Å². The first-order chi connectivity index (χ1) is 7.63. The van der Waals surface area contributed by atoms with E-state index < -0.39 is 5.92 Å². The number of nitriles is 1. The first kappa shape index (κ1) is 12.2. The monoisotopic (exact) mass is 217 g/mol. The molecule has 1 amide bonds. The van der Waals surface area contributed by atoms with Crippen molar-refractivity contribution in [3.05, 3.63) is 30.1 Å². The van der Waals surface area contributed by atoms with Crippen LogP contribution in [0, 0.1) is 17.2 Å². The molecule has 1 heterocycles. The van der Waals surface area contributed by atoms with Crippen molar-refractivity contribution in [2.75, 3.05) is 0 Å². The fourth-order valence-corrected chi connectivity index (χ4v) is 1.34. The zero-order valence-electron chi connectivity index (χ0n) is 9.47. The predicted molar refractivity (Wildman–Crippen MR) is 60.3 cm³/mol. The lowest BCUT2D eigenvalue weighted by molar-refractivity contribution is -0.123. The van der Waals surface area contributed by atoms with Gasteiger partial charge in [-0.3, -0.25) is 9.78 Å². The summed E-state index contributed by atoms with van der Waals surface area (Å²) >= 11 is 0. The van der Waals surface area contributed by atoms with Crippen LogP contribution in [-0.2, 0) is 11.2 Å². The lowest BCUT2D eigenvalue weighted by Gasteiger charge is -2.12. The Bertz CT molecular complexity index is 381. The van der Waals surface area contributed by atoms with Crippen molar-refractivity contribution in [3.8, 4) is 6.07 Å². The number of nitrogens with zero attached hydrogens (tertiary/aromatic N) is 2. The number of carbonyl (C=O) groups is 1. The predicted octanol–water partition coefficient (Wildman–Crippen LogP) is 1.29. The second-order valence-corrected chi connectivity index (χ2v) is 3.90. The molecule has 1 rings (SSSR count). The lowest BCUT2D eigenvalue weighted by atomic mass is 10.0. The highest BCUT2D eigenvalue weighted by Crippen LogP contribution is 2.07.